The van der Waals surface area contributed by atoms with Crippen molar-refractivity contribution in [2.75, 3.05) is 26.2 Å². The van der Waals surface area contributed by atoms with E-state index in [9.17, 15) is 0 Å². The van der Waals surface area contributed by atoms with Gasteiger partial charge in [-0.05, 0) is 45.1 Å². The summed E-state index contributed by atoms with van der Waals surface area (Å²) in [5, 5.41) is 8.92. The summed E-state index contributed by atoms with van der Waals surface area (Å²) in [5.74, 6) is 1.61. The lowest BCUT2D eigenvalue weighted by molar-refractivity contribution is 0.0470. The zero-order valence-electron chi connectivity index (χ0n) is 9.82. The Balaban J connectivity index is 1.95. The van der Waals surface area contributed by atoms with E-state index in [1.165, 1.54) is 25.9 Å². The first-order valence-corrected chi connectivity index (χ1v) is 6.09. The van der Waals surface area contributed by atoms with Crippen molar-refractivity contribution in [3.63, 3.8) is 0 Å². The van der Waals surface area contributed by atoms with Crippen molar-refractivity contribution in [2.24, 2.45) is 11.8 Å². The molecule has 0 unspecified atom stereocenters. The van der Waals surface area contributed by atoms with Gasteiger partial charge in [-0.25, -0.2) is 0 Å². The van der Waals surface area contributed by atoms with Gasteiger partial charge in [-0.15, -0.1) is 0 Å². The van der Waals surface area contributed by atoms with Crippen molar-refractivity contribution in [1.82, 2.24) is 9.80 Å². The average molecular weight is 207 g/mol. The standard InChI is InChI=1S/C12H21N3/c1-10(2)15-6-4-11-3-5-14(9-13)7-12(11)8-15/h10-12H,3-8H2,1-2H3/t11-,12+/m1/s1. The van der Waals surface area contributed by atoms with Gasteiger partial charge in [0.1, 0.15) is 0 Å². The summed E-state index contributed by atoms with van der Waals surface area (Å²) in [6.07, 6.45) is 4.86. The highest BCUT2D eigenvalue weighted by Crippen LogP contribution is 2.31. The van der Waals surface area contributed by atoms with Gasteiger partial charge in [0.2, 0.25) is 0 Å². The van der Waals surface area contributed by atoms with Gasteiger partial charge < -0.3 is 9.80 Å². The van der Waals surface area contributed by atoms with Crippen LogP contribution in [0.2, 0.25) is 0 Å². The molecule has 0 spiro atoms. The molecule has 2 heterocycles. The van der Waals surface area contributed by atoms with E-state index in [1.54, 1.807) is 0 Å². The van der Waals surface area contributed by atoms with Crippen molar-refractivity contribution < 1.29 is 0 Å². The molecule has 3 nitrogen and oxygen atoms in total. The van der Waals surface area contributed by atoms with E-state index in [1.807, 2.05) is 4.90 Å². The maximum absolute atomic E-state index is 8.92. The fourth-order valence-electron chi connectivity index (χ4n) is 2.95. The molecule has 15 heavy (non-hydrogen) atoms. The minimum absolute atomic E-state index is 0.656. The minimum Gasteiger partial charge on any atom is -0.310 e. The Kier molecular flexibility index (Phi) is 3.16. The summed E-state index contributed by atoms with van der Waals surface area (Å²) in [5.41, 5.74) is 0. The molecule has 2 aliphatic rings. The Morgan fingerprint density at radius 3 is 2.53 bits per heavy atom. The highest BCUT2D eigenvalue weighted by Gasteiger charge is 2.34. The van der Waals surface area contributed by atoms with E-state index in [4.69, 9.17) is 5.26 Å². The van der Waals surface area contributed by atoms with Crippen LogP contribution >= 0.6 is 0 Å². The third-order valence-corrected chi connectivity index (χ3v) is 4.02. The largest absolute Gasteiger partial charge is 0.310 e. The number of nitriles is 1. The fraction of sp³-hybridized carbons (Fsp3) is 0.917. The van der Waals surface area contributed by atoms with Crippen LogP contribution in [0.15, 0.2) is 0 Å². The van der Waals surface area contributed by atoms with E-state index in [0.717, 1.165) is 24.9 Å². The van der Waals surface area contributed by atoms with Crippen molar-refractivity contribution in [3.8, 4) is 6.19 Å². The zero-order chi connectivity index (χ0) is 10.8. The second kappa shape index (κ2) is 4.40. The first-order valence-electron chi connectivity index (χ1n) is 6.09. The van der Waals surface area contributed by atoms with Crippen LogP contribution in [-0.2, 0) is 0 Å². The lowest BCUT2D eigenvalue weighted by Crippen LogP contribution is -2.50. The molecule has 0 amide bonds. The number of piperidine rings is 2. The fourth-order valence-corrected chi connectivity index (χ4v) is 2.95. The Morgan fingerprint density at radius 1 is 1.13 bits per heavy atom. The third kappa shape index (κ3) is 2.26. The van der Waals surface area contributed by atoms with E-state index in [-0.39, 0.29) is 0 Å². The zero-order valence-corrected chi connectivity index (χ0v) is 9.82. The monoisotopic (exact) mass is 207 g/mol. The van der Waals surface area contributed by atoms with Gasteiger partial charge in [0, 0.05) is 25.7 Å². The first-order chi connectivity index (χ1) is 7.20. The van der Waals surface area contributed by atoms with Crippen molar-refractivity contribution in [3.05, 3.63) is 0 Å². The maximum atomic E-state index is 8.92. The average Bonchev–Trinajstić information content (AvgIpc) is 2.27. The molecule has 3 heteroatoms. The molecule has 2 aliphatic heterocycles. The quantitative estimate of drug-likeness (QED) is 0.611. The molecule has 2 atom stereocenters. The normalized spacial score (nSPS) is 32.5. The van der Waals surface area contributed by atoms with Gasteiger partial charge in [0.15, 0.2) is 6.19 Å². The van der Waals surface area contributed by atoms with Crippen molar-refractivity contribution >= 4 is 0 Å². The van der Waals surface area contributed by atoms with Gasteiger partial charge in [0.25, 0.3) is 0 Å². The van der Waals surface area contributed by atoms with Gasteiger partial charge >= 0.3 is 0 Å². The van der Waals surface area contributed by atoms with Gasteiger partial charge in [-0.3, -0.25) is 0 Å². The Bertz CT molecular complexity index is 256. The predicted octanol–water partition coefficient (Wildman–Crippen LogP) is 1.52. The van der Waals surface area contributed by atoms with E-state index in [2.05, 4.69) is 24.9 Å². The second-order valence-electron chi connectivity index (χ2n) is 5.23. The van der Waals surface area contributed by atoms with Crippen LogP contribution in [0.3, 0.4) is 0 Å². The smallest absolute Gasteiger partial charge is 0.179 e. The van der Waals surface area contributed by atoms with Crippen molar-refractivity contribution in [1.29, 1.82) is 5.26 Å². The van der Waals surface area contributed by atoms with Gasteiger partial charge in [-0.2, -0.15) is 5.26 Å². The molecule has 0 bridgehead atoms. The Morgan fingerprint density at radius 2 is 1.87 bits per heavy atom. The number of hydrogen-bond acceptors (Lipinski definition) is 3. The number of likely N-dealkylation sites (tertiary alicyclic amines) is 2. The summed E-state index contributed by atoms with van der Waals surface area (Å²) >= 11 is 0. The van der Waals surface area contributed by atoms with E-state index < -0.39 is 0 Å². The van der Waals surface area contributed by atoms with E-state index in [0.29, 0.717) is 6.04 Å². The van der Waals surface area contributed by atoms with Crippen LogP contribution in [-0.4, -0.2) is 42.0 Å². The van der Waals surface area contributed by atoms with Crippen LogP contribution in [0, 0.1) is 23.3 Å². The highest BCUT2D eigenvalue weighted by molar-refractivity contribution is 4.91. The number of fused-ring (bicyclic) bond motifs is 1. The lowest BCUT2D eigenvalue weighted by atomic mass is 9.80. The molecule has 0 N–H and O–H groups in total. The van der Waals surface area contributed by atoms with Crippen LogP contribution in [0.1, 0.15) is 26.7 Å². The molecule has 0 aliphatic carbocycles. The Hall–Kier alpha value is -0.750. The molecule has 2 rings (SSSR count). The molecule has 0 saturated carbocycles. The number of nitrogens with zero attached hydrogens (tertiary/aromatic N) is 3. The summed E-state index contributed by atoms with van der Waals surface area (Å²) in [6, 6.07) is 0.656. The Labute approximate surface area is 92.7 Å². The molecular formula is C12H21N3. The van der Waals surface area contributed by atoms with Gasteiger partial charge in [0.05, 0.1) is 0 Å². The molecule has 84 valence electrons. The number of rotatable bonds is 1. The SMILES string of the molecule is CC(C)N1CC[C@H]2CCN(C#N)C[C@H]2C1. The second-order valence-corrected chi connectivity index (χ2v) is 5.23. The predicted molar refractivity (Wildman–Crippen MR) is 60.1 cm³/mol. The summed E-state index contributed by atoms with van der Waals surface area (Å²) < 4.78 is 0. The molecule has 0 aromatic rings. The number of hydrogen-bond donors (Lipinski definition) is 0. The van der Waals surface area contributed by atoms with Crippen molar-refractivity contribution in [2.45, 2.75) is 32.7 Å². The van der Waals surface area contributed by atoms with Crippen LogP contribution in [0.4, 0.5) is 0 Å². The summed E-state index contributed by atoms with van der Waals surface area (Å²) in [6.45, 7) is 8.96. The summed E-state index contributed by atoms with van der Waals surface area (Å²) in [7, 11) is 0. The van der Waals surface area contributed by atoms with Crippen LogP contribution in [0.25, 0.3) is 0 Å². The lowest BCUT2D eigenvalue weighted by Gasteiger charge is -2.44. The molecule has 0 aromatic heterocycles. The maximum Gasteiger partial charge on any atom is 0.179 e. The molecule has 0 radical (unpaired) electrons. The van der Waals surface area contributed by atoms with E-state index >= 15 is 0 Å². The first kappa shape index (κ1) is 10.8. The molecule has 2 fully saturated rings. The third-order valence-electron chi connectivity index (χ3n) is 4.02. The van der Waals surface area contributed by atoms with Crippen LogP contribution < -0.4 is 0 Å². The summed E-state index contributed by atoms with van der Waals surface area (Å²) in [4.78, 5) is 4.49. The van der Waals surface area contributed by atoms with Crippen LogP contribution in [0.5, 0.6) is 0 Å². The molecule has 2 saturated heterocycles. The highest BCUT2D eigenvalue weighted by atomic mass is 15.2. The molecular weight excluding hydrogens is 186 g/mol. The topological polar surface area (TPSA) is 30.3 Å². The minimum atomic E-state index is 0.656. The van der Waals surface area contributed by atoms with Gasteiger partial charge in [-0.1, -0.05) is 0 Å². The molecule has 0 aromatic carbocycles.